The lowest BCUT2D eigenvalue weighted by molar-refractivity contribution is 0.369. The van der Waals surface area contributed by atoms with E-state index >= 15 is 0 Å². The van der Waals surface area contributed by atoms with Gasteiger partial charge in [-0.2, -0.15) is 11.8 Å². The number of benzene rings is 1. The Morgan fingerprint density at radius 1 is 1.50 bits per heavy atom. The second-order valence-electron chi connectivity index (χ2n) is 4.31. The van der Waals surface area contributed by atoms with Crippen LogP contribution in [-0.4, -0.2) is 30.8 Å². The minimum absolute atomic E-state index is 0.159. The largest absolute Gasteiger partial charge is 0.504 e. The Balaban J connectivity index is 2.59. The smallest absolute Gasteiger partial charge is 0.162 e. The molecule has 0 aliphatic rings. The van der Waals surface area contributed by atoms with Crippen molar-refractivity contribution in [2.45, 2.75) is 13.5 Å². The predicted octanol–water partition coefficient (Wildman–Crippen LogP) is 3.14. The molecule has 0 aliphatic heterocycles. The van der Waals surface area contributed by atoms with Crippen molar-refractivity contribution >= 4 is 23.4 Å². The molecular weight excluding hydrogens is 270 g/mol. The zero-order valence-electron chi connectivity index (χ0n) is 11.0. The van der Waals surface area contributed by atoms with Crippen LogP contribution in [0.3, 0.4) is 0 Å². The highest BCUT2D eigenvalue weighted by molar-refractivity contribution is 7.98. The predicted molar refractivity (Wildman–Crippen MR) is 78.9 cm³/mol. The third-order valence-electron chi connectivity index (χ3n) is 2.60. The van der Waals surface area contributed by atoms with Gasteiger partial charge < -0.3 is 15.2 Å². The highest BCUT2D eigenvalue weighted by Crippen LogP contribution is 2.33. The monoisotopic (exact) mass is 289 g/mol. The Morgan fingerprint density at radius 2 is 2.22 bits per heavy atom. The number of aromatic hydroxyl groups is 1. The van der Waals surface area contributed by atoms with Crippen molar-refractivity contribution in [3.63, 3.8) is 0 Å². The fraction of sp³-hybridized carbons (Fsp3) is 0.538. The van der Waals surface area contributed by atoms with Crippen LogP contribution in [0.1, 0.15) is 12.5 Å². The van der Waals surface area contributed by atoms with E-state index in [0.717, 1.165) is 17.9 Å². The molecule has 0 saturated heterocycles. The number of methoxy groups -OCH3 is 1. The van der Waals surface area contributed by atoms with Crippen LogP contribution in [-0.2, 0) is 6.54 Å². The standard InChI is InChI=1S/C13H20ClNO2S/c1-9(8-18-3)6-15-7-10-4-11(14)5-12(17-2)13(10)16/h4-5,9,15-16H,6-8H2,1-3H3. The average Bonchev–Trinajstić information content (AvgIpc) is 2.33. The van der Waals surface area contributed by atoms with Gasteiger partial charge in [0.15, 0.2) is 11.5 Å². The zero-order valence-corrected chi connectivity index (χ0v) is 12.6. The molecule has 1 rings (SSSR count). The number of thioether (sulfide) groups is 1. The molecule has 0 radical (unpaired) electrons. The van der Waals surface area contributed by atoms with Crippen molar-refractivity contribution in [1.29, 1.82) is 0 Å². The van der Waals surface area contributed by atoms with Gasteiger partial charge in [0.2, 0.25) is 0 Å². The van der Waals surface area contributed by atoms with Crippen molar-refractivity contribution in [3.8, 4) is 11.5 Å². The SMILES string of the molecule is COc1cc(Cl)cc(CNCC(C)CSC)c1O. The van der Waals surface area contributed by atoms with E-state index in [1.165, 1.54) is 7.11 Å². The van der Waals surface area contributed by atoms with Crippen molar-refractivity contribution in [2.75, 3.05) is 25.7 Å². The van der Waals surface area contributed by atoms with Crippen molar-refractivity contribution in [2.24, 2.45) is 5.92 Å². The maximum absolute atomic E-state index is 9.95. The number of hydrogen-bond donors (Lipinski definition) is 2. The number of halogens is 1. The fourth-order valence-corrected chi connectivity index (χ4v) is 2.63. The third-order valence-corrected chi connectivity index (χ3v) is 3.72. The van der Waals surface area contributed by atoms with Crippen LogP contribution < -0.4 is 10.1 Å². The minimum atomic E-state index is 0.159. The Hall–Kier alpha value is -0.580. The van der Waals surface area contributed by atoms with Gasteiger partial charge in [-0.25, -0.2) is 0 Å². The lowest BCUT2D eigenvalue weighted by Crippen LogP contribution is -2.22. The van der Waals surface area contributed by atoms with Crippen LogP contribution in [0.25, 0.3) is 0 Å². The van der Waals surface area contributed by atoms with E-state index in [0.29, 0.717) is 23.2 Å². The molecular formula is C13H20ClNO2S. The summed E-state index contributed by atoms with van der Waals surface area (Å²) in [4.78, 5) is 0. The summed E-state index contributed by atoms with van der Waals surface area (Å²) in [6.07, 6.45) is 2.10. The summed E-state index contributed by atoms with van der Waals surface area (Å²) < 4.78 is 5.07. The second-order valence-corrected chi connectivity index (χ2v) is 5.65. The molecule has 5 heteroatoms. The molecule has 0 spiro atoms. The van der Waals surface area contributed by atoms with Gasteiger partial charge in [0, 0.05) is 23.2 Å². The van der Waals surface area contributed by atoms with Crippen molar-refractivity contribution in [3.05, 3.63) is 22.7 Å². The summed E-state index contributed by atoms with van der Waals surface area (Å²) in [7, 11) is 1.52. The molecule has 0 aliphatic carbocycles. The summed E-state index contributed by atoms with van der Waals surface area (Å²) in [6.45, 7) is 3.69. The summed E-state index contributed by atoms with van der Waals surface area (Å²) in [5.41, 5.74) is 0.760. The number of rotatable bonds is 7. The van der Waals surface area contributed by atoms with Gasteiger partial charge in [-0.1, -0.05) is 18.5 Å². The molecule has 1 atom stereocenters. The number of ether oxygens (including phenoxy) is 1. The number of phenols is 1. The number of nitrogens with one attached hydrogen (secondary N) is 1. The summed E-state index contributed by atoms with van der Waals surface area (Å²) >= 11 is 7.81. The Morgan fingerprint density at radius 3 is 2.83 bits per heavy atom. The number of hydrogen-bond acceptors (Lipinski definition) is 4. The van der Waals surface area contributed by atoms with Gasteiger partial charge in [-0.3, -0.25) is 0 Å². The highest BCUT2D eigenvalue weighted by atomic mass is 35.5. The maximum atomic E-state index is 9.95. The van der Waals surface area contributed by atoms with Crippen molar-refractivity contribution < 1.29 is 9.84 Å². The maximum Gasteiger partial charge on any atom is 0.162 e. The molecule has 0 saturated carbocycles. The molecule has 0 heterocycles. The molecule has 1 aromatic carbocycles. The van der Waals surface area contributed by atoms with Gasteiger partial charge in [-0.15, -0.1) is 0 Å². The fourth-order valence-electron chi connectivity index (χ4n) is 1.72. The second kappa shape index (κ2) is 7.77. The molecule has 0 fully saturated rings. The normalized spacial score (nSPS) is 12.4. The van der Waals surface area contributed by atoms with Gasteiger partial charge in [0.05, 0.1) is 7.11 Å². The lowest BCUT2D eigenvalue weighted by Gasteiger charge is -2.13. The van der Waals surface area contributed by atoms with E-state index in [1.807, 2.05) is 11.8 Å². The average molecular weight is 290 g/mol. The molecule has 1 unspecified atom stereocenters. The quantitative estimate of drug-likeness (QED) is 0.809. The van der Waals surface area contributed by atoms with Crippen LogP contribution in [0, 0.1) is 5.92 Å². The van der Waals surface area contributed by atoms with Gasteiger partial charge >= 0.3 is 0 Å². The van der Waals surface area contributed by atoms with Gasteiger partial charge in [-0.05, 0) is 30.5 Å². The van der Waals surface area contributed by atoms with Crippen LogP contribution in [0.5, 0.6) is 11.5 Å². The first-order valence-corrected chi connectivity index (χ1v) is 7.60. The molecule has 0 amide bonds. The first-order chi connectivity index (χ1) is 8.58. The Labute approximate surface area is 118 Å². The van der Waals surface area contributed by atoms with Crippen LogP contribution in [0.2, 0.25) is 5.02 Å². The summed E-state index contributed by atoms with van der Waals surface area (Å²) in [5.74, 6) is 2.30. The minimum Gasteiger partial charge on any atom is -0.504 e. The van der Waals surface area contributed by atoms with E-state index < -0.39 is 0 Å². The van der Waals surface area contributed by atoms with Gasteiger partial charge in [0.25, 0.3) is 0 Å². The molecule has 0 bridgehead atoms. The first-order valence-electron chi connectivity index (χ1n) is 5.83. The van der Waals surface area contributed by atoms with Gasteiger partial charge in [0.1, 0.15) is 0 Å². The van der Waals surface area contributed by atoms with E-state index in [9.17, 15) is 5.11 Å². The topological polar surface area (TPSA) is 41.5 Å². The molecule has 102 valence electrons. The number of phenolic OH excluding ortho intramolecular Hbond substituents is 1. The molecule has 2 N–H and O–H groups in total. The summed E-state index contributed by atoms with van der Waals surface area (Å²) in [5, 5.41) is 13.8. The Kier molecular flexibility index (Phi) is 6.68. The lowest BCUT2D eigenvalue weighted by atomic mass is 10.1. The van der Waals surface area contributed by atoms with E-state index in [-0.39, 0.29) is 5.75 Å². The van der Waals surface area contributed by atoms with Crippen LogP contribution in [0.4, 0.5) is 0 Å². The van der Waals surface area contributed by atoms with E-state index in [1.54, 1.807) is 12.1 Å². The molecule has 18 heavy (non-hydrogen) atoms. The molecule has 0 aromatic heterocycles. The molecule has 1 aromatic rings. The van der Waals surface area contributed by atoms with Crippen molar-refractivity contribution in [1.82, 2.24) is 5.32 Å². The van der Waals surface area contributed by atoms with E-state index in [4.69, 9.17) is 16.3 Å². The third kappa shape index (κ3) is 4.59. The first kappa shape index (κ1) is 15.5. The summed E-state index contributed by atoms with van der Waals surface area (Å²) in [6, 6.07) is 3.36. The molecule has 3 nitrogen and oxygen atoms in total. The Bertz CT molecular complexity index is 387. The van der Waals surface area contributed by atoms with Crippen LogP contribution >= 0.6 is 23.4 Å². The van der Waals surface area contributed by atoms with Crippen LogP contribution in [0.15, 0.2) is 12.1 Å². The highest BCUT2D eigenvalue weighted by Gasteiger charge is 2.10. The van der Waals surface area contributed by atoms with E-state index in [2.05, 4.69) is 18.5 Å². The zero-order chi connectivity index (χ0) is 13.5.